The van der Waals surface area contributed by atoms with Crippen LogP contribution in [0, 0.1) is 5.92 Å². The Morgan fingerprint density at radius 1 is 1.07 bits per heavy atom. The van der Waals surface area contributed by atoms with Gasteiger partial charge < -0.3 is 19.3 Å². The van der Waals surface area contributed by atoms with Crippen molar-refractivity contribution in [3.63, 3.8) is 0 Å². The van der Waals surface area contributed by atoms with Gasteiger partial charge in [0.05, 0.1) is 20.1 Å². The number of benzene rings is 2. The van der Waals surface area contributed by atoms with E-state index in [1.807, 2.05) is 40.1 Å². The van der Waals surface area contributed by atoms with Crippen molar-refractivity contribution < 1.29 is 19.1 Å². The summed E-state index contributed by atoms with van der Waals surface area (Å²) in [7, 11) is 3.22. The molecule has 1 saturated heterocycles. The van der Waals surface area contributed by atoms with Crippen LogP contribution < -0.4 is 9.47 Å². The van der Waals surface area contributed by atoms with Gasteiger partial charge in [-0.2, -0.15) is 0 Å². The molecule has 6 heteroatoms. The van der Waals surface area contributed by atoms with Gasteiger partial charge in [-0.1, -0.05) is 30.3 Å². The van der Waals surface area contributed by atoms with E-state index in [9.17, 15) is 9.59 Å². The Balaban J connectivity index is 1.35. The Morgan fingerprint density at radius 2 is 1.83 bits per heavy atom. The molecular weight excluding hydrogens is 380 g/mol. The average Bonchev–Trinajstić information content (AvgIpc) is 3.17. The summed E-state index contributed by atoms with van der Waals surface area (Å²) in [5.41, 5.74) is 3.61. The van der Waals surface area contributed by atoms with Gasteiger partial charge in [0.25, 0.3) is 0 Å². The second-order valence-corrected chi connectivity index (χ2v) is 7.96. The van der Waals surface area contributed by atoms with Crippen molar-refractivity contribution in [1.29, 1.82) is 0 Å². The first kappa shape index (κ1) is 20.3. The SMILES string of the molecule is COc1ccc(CCN2C[C@@H](C(=O)N3CCc4ccccc4C3)CC2=O)cc1OC. The maximum atomic E-state index is 13.0. The highest BCUT2D eigenvalue weighted by Gasteiger charge is 2.37. The normalized spacial score (nSPS) is 18.3. The van der Waals surface area contributed by atoms with Gasteiger partial charge in [-0.3, -0.25) is 9.59 Å². The molecule has 0 aromatic heterocycles. The predicted octanol–water partition coefficient (Wildman–Crippen LogP) is 2.68. The summed E-state index contributed by atoms with van der Waals surface area (Å²) in [4.78, 5) is 29.3. The van der Waals surface area contributed by atoms with E-state index >= 15 is 0 Å². The van der Waals surface area contributed by atoms with Gasteiger partial charge in [0.2, 0.25) is 11.8 Å². The molecule has 2 aliphatic rings. The van der Waals surface area contributed by atoms with E-state index in [2.05, 4.69) is 12.1 Å². The number of amides is 2. The zero-order valence-electron chi connectivity index (χ0n) is 17.6. The Hall–Kier alpha value is -3.02. The molecule has 4 rings (SSSR count). The highest BCUT2D eigenvalue weighted by molar-refractivity contribution is 5.89. The van der Waals surface area contributed by atoms with Crippen LogP contribution in [0.4, 0.5) is 0 Å². The molecule has 0 unspecified atom stereocenters. The summed E-state index contributed by atoms with van der Waals surface area (Å²) in [6, 6.07) is 14.1. The van der Waals surface area contributed by atoms with Crippen LogP contribution in [0.25, 0.3) is 0 Å². The second kappa shape index (κ2) is 8.78. The van der Waals surface area contributed by atoms with Crippen LogP contribution in [-0.4, -0.2) is 55.5 Å². The lowest BCUT2D eigenvalue weighted by Crippen LogP contribution is -2.40. The molecule has 2 heterocycles. The Morgan fingerprint density at radius 3 is 2.60 bits per heavy atom. The summed E-state index contributed by atoms with van der Waals surface area (Å²) in [6.45, 7) is 2.47. The molecular formula is C24H28N2O4. The average molecular weight is 408 g/mol. The van der Waals surface area contributed by atoms with Crippen molar-refractivity contribution in [3.05, 3.63) is 59.2 Å². The molecule has 0 N–H and O–H groups in total. The van der Waals surface area contributed by atoms with E-state index in [0.29, 0.717) is 44.0 Å². The minimum atomic E-state index is -0.242. The summed E-state index contributed by atoms with van der Waals surface area (Å²) < 4.78 is 10.6. The number of hydrogen-bond donors (Lipinski definition) is 0. The number of hydrogen-bond acceptors (Lipinski definition) is 4. The van der Waals surface area contributed by atoms with Gasteiger partial charge in [0.1, 0.15) is 0 Å². The molecule has 6 nitrogen and oxygen atoms in total. The fourth-order valence-electron chi connectivity index (χ4n) is 4.40. The maximum Gasteiger partial charge on any atom is 0.228 e. The maximum absolute atomic E-state index is 13.0. The summed E-state index contributed by atoms with van der Waals surface area (Å²) in [5, 5.41) is 0. The molecule has 2 aliphatic heterocycles. The zero-order valence-corrected chi connectivity index (χ0v) is 17.6. The third kappa shape index (κ3) is 4.13. The van der Waals surface area contributed by atoms with Gasteiger partial charge in [-0.25, -0.2) is 0 Å². The summed E-state index contributed by atoms with van der Waals surface area (Å²) >= 11 is 0. The predicted molar refractivity (Wildman–Crippen MR) is 114 cm³/mol. The van der Waals surface area contributed by atoms with Gasteiger partial charge in [0.15, 0.2) is 11.5 Å². The first-order valence-electron chi connectivity index (χ1n) is 10.4. The molecule has 30 heavy (non-hydrogen) atoms. The van der Waals surface area contributed by atoms with Crippen LogP contribution in [0.5, 0.6) is 11.5 Å². The lowest BCUT2D eigenvalue weighted by Gasteiger charge is -2.30. The topological polar surface area (TPSA) is 59.1 Å². The molecule has 0 bridgehead atoms. The number of fused-ring (bicyclic) bond motifs is 1. The molecule has 158 valence electrons. The highest BCUT2D eigenvalue weighted by Crippen LogP contribution is 2.29. The molecule has 0 spiro atoms. The first-order valence-corrected chi connectivity index (χ1v) is 10.4. The van der Waals surface area contributed by atoms with Gasteiger partial charge in [-0.05, 0) is 41.7 Å². The molecule has 2 aromatic carbocycles. The lowest BCUT2D eigenvalue weighted by molar-refractivity contribution is -0.136. The van der Waals surface area contributed by atoms with E-state index in [4.69, 9.17) is 9.47 Å². The molecule has 1 fully saturated rings. The summed E-state index contributed by atoms with van der Waals surface area (Å²) in [5.74, 6) is 1.29. The Kier molecular flexibility index (Phi) is 5.93. The van der Waals surface area contributed by atoms with E-state index in [-0.39, 0.29) is 17.7 Å². The fraction of sp³-hybridized carbons (Fsp3) is 0.417. The fourth-order valence-corrected chi connectivity index (χ4v) is 4.40. The van der Waals surface area contributed by atoms with Crippen LogP contribution in [0.15, 0.2) is 42.5 Å². The zero-order chi connectivity index (χ0) is 21.1. The molecule has 2 amide bonds. The van der Waals surface area contributed by atoms with Gasteiger partial charge in [-0.15, -0.1) is 0 Å². The van der Waals surface area contributed by atoms with E-state index in [1.54, 1.807) is 14.2 Å². The minimum Gasteiger partial charge on any atom is -0.493 e. The monoisotopic (exact) mass is 408 g/mol. The first-order chi connectivity index (χ1) is 14.6. The Bertz CT molecular complexity index is 943. The van der Waals surface area contributed by atoms with Crippen LogP contribution in [0.2, 0.25) is 0 Å². The highest BCUT2D eigenvalue weighted by atomic mass is 16.5. The van der Waals surface area contributed by atoms with Crippen LogP contribution in [0.1, 0.15) is 23.1 Å². The van der Waals surface area contributed by atoms with Crippen LogP contribution in [-0.2, 0) is 29.0 Å². The molecule has 1 atom stereocenters. The Labute approximate surface area is 177 Å². The number of rotatable bonds is 6. The van der Waals surface area contributed by atoms with Crippen molar-refractivity contribution in [1.82, 2.24) is 9.80 Å². The molecule has 2 aromatic rings. The largest absolute Gasteiger partial charge is 0.493 e. The van der Waals surface area contributed by atoms with Gasteiger partial charge >= 0.3 is 0 Å². The second-order valence-electron chi connectivity index (χ2n) is 7.96. The number of methoxy groups -OCH3 is 2. The van der Waals surface area contributed by atoms with E-state index in [0.717, 1.165) is 18.5 Å². The smallest absolute Gasteiger partial charge is 0.228 e. The van der Waals surface area contributed by atoms with Crippen molar-refractivity contribution >= 4 is 11.8 Å². The molecule has 0 saturated carbocycles. The molecule has 0 aliphatic carbocycles. The van der Waals surface area contributed by atoms with E-state index < -0.39 is 0 Å². The van der Waals surface area contributed by atoms with Crippen LogP contribution >= 0.6 is 0 Å². The molecule has 0 radical (unpaired) electrons. The van der Waals surface area contributed by atoms with Crippen molar-refractivity contribution in [3.8, 4) is 11.5 Å². The minimum absolute atomic E-state index is 0.0613. The number of carbonyl (C=O) groups is 2. The number of ether oxygens (including phenoxy) is 2. The van der Waals surface area contributed by atoms with Gasteiger partial charge in [0, 0.05) is 32.6 Å². The van der Waals surface area contributed by atoms with Crippen molar-refractivity contribution in [2.45, 2.75) is 25.8 Å². The lowest BCUT2D eigenvalue weighted by atomic mass is 9.98. The number of likely N-dealkylation sites (tertiary alicyclic amines) is 1. The standard InChI is InChI=1S/C24H28N2O4/c1-29-21-8-7-17(13-22(21)30-2)9-11-25-16-20(14-23(25)27)24(28)26-12-10-18-5-3-4-6-19(18)15-26/h3-8,13,20H,9-12,14-16H2,1-2H3/t20-/m0/s1. The third-order valence-corrected chi connectivity index (χ3v) is 6.12. The van der Waals surface area contributed by atoms with E-state index in [1.165, 1.54) is 11.1 Å². The van der Waals surface area contributed by atoms with Crippen molar-refractivity contribution in [2.24, 2.45) is 5.92 Å². The quantitative estimate of drug-likeness (QED) is 0.737. The van der Waals surface area contributed by atoms with Crippen molar-refractivity contribution in [2.75, 3.05) is 33.9 Å². The summed E-state index contributed by atoms with van der Waals surface area (Å²) in [6.07, 6.45) is 1.90. The number of carbonyl (C=O) groups excluding carboxylic acids is 2. The third-order valence-electron chi connectivity index (χ3n) is 6.12. The van der Waals surface area contributed by atoms with Crippen LogP contribution in [0.3, 0.4) is 0 Å². The number of nitrogens with zero attached hydrogens (tertiary/aromatic N) is 2.